The van der Waals surface area contributed by atoms with Crippen molar-refractivity contribution in [2.24, 2.45) is 0 Å². The predicted octanol–water partition coefficient (Wildman–Crippen LogP) is 3.07. The molecular formula is C14H16N2. The first-order valence-electron chi connectivity index (χ1n) is 5.40. The van der Waals surface area contributed by atoms with Crippen LogP contribution in [0.5, 0.6) is 0 Å². The summed E-state index contributed by atoms with van der Waals surface area (Å²) in [6, 6.07) is 10.5. The quantitative estimate of drug-likeness (QED) is 0.791. The molecule has 0 amide bonds. The van der Waals surface area contributed by atoms with Crippen molar-refractivity contribution >= 4 is 10.9 Å². The van der Waals surface area contributed by atoms with Crippen LogP contribution in [0.15, 0.2) is 48.7 Å². The Morgan fingerprint density at radius 3 is 2.75 bits per heavy atom. The summed E-state index contributed by atoms with van der Waals surface area (Å²) >= 11 is 0. The van der Waals surface area contributed by atoms with Crippen molar-refractivity contribution in [3.8, 4) is 0 Å². The highest BCUT2D eigenvalue weighted by Gasteiger charge is 2.13. The molecule has 0 aliphatic heterocycles. The second-order valence-corrected chi connectivity index (χ2v) is 3.99. The molecule has 1 atom stereocenters. The molecule has 1 aromatic carbocycles. The van der Waals surface area contributed by atoms with E-state index in [1.807, 2.05) is 26.2 Å². The molecule has 1 N–H and O–H groups in total. The number of pyridine rings is 1. The molecule has 0 aliphatic carbocycles. The minimum absolute atomic E-state index is 0.165. The van der Waals surface area contributed by atoms with Gasteiger partial charge in [0.2, 0.25) is 0 Å². The second kappa shape index (κ2) is 4.45. The SMILES string of the molecule is C=C(C)C(NC)c1cccc2cccnc12. The van der Waals surface area contributed by atoms with Gasteiger partial charge in [-0.3, -0.25) is 4.98 Å². The standard InChI is InChI=1S/C14H16N2/c1-10(2)13(15-3)12-8-4-6-11-7-5-9-16-14(11)12/h4-9,13,15H,1H2,2-3H3. The van der Waals surface area contributed by atoms with Gasteiger partial charge in [0, 0.05) is 11.6 Å². The Morgan fingerprint density at radius 2 is 2.06 bits per heavy atom. The maximum Gasteiger partial charge on any atom is 0.0753 e. The van der Waals surface area contributed by atoms with Crippen molar-refractivity contribution in [3.05, 3.63) is 54.2 Å². The highest BCUT2D eigenvalue weighted by Crippen LogP contribution is 2.26. The molecule has 0 fully saturated rings. The van der Waals surface area contributed by atoms with Crippen molar-refractivity contribution in [2.45, 2.75) is 13.0 Å². The summed E-state index contributed by atoms with van der Waals surface area (Å²) in [6.45, 7) is 6.05. The molecule has 82 valence electrons. The van der Waals surface area contributed by atoms with Crippen LogP contribution in [0.4, 0.5) is 0 Å². The van der Waals surface area contributed by atoms with E-state index in [1.54, 1.807) is 0 Å². The Hall–Kier alpha value is -1.67. The molecule has 2 heteroatoms. The molecule has 1 unspecified atom stereocenters. The molecule has 0 radical (unpaired) electrons. The third-order valence-electron chi connectivity index (χ3n) is 2.76. The van der Waals surface area contributed by atoms with Crippen LogP contribution in [-0.2, 0) is 0 Å². The minimum atomic E-state index is 0.165. The van der Waals surface area contributed by atoms with E-state index in [0.29, 0.717) is 0 Å². The zero-order valence-corrected chi connectivity index (χ0v) is 9.70. The molecule has 1 aromatic heterocycles. The van der Waals surface area contributed by atoms with Crippen LogP contribution in [0.1, 0.15) is 18.5 Å². The van der Waals surface area contributed by atoms with E-state index in [9.17, 15) is 0 Å². The zero-order chi connectivity index (χ0) is 11.5. The lowest BCUT2D eigenvalue weighted by Crippen LogP contribution is -2.17. The van der Waals surface area contributed by atoms with Gasteiger partial charge in [0.1, 0.15) is 0 Å². The van der Waals surface area contributed by atoms with Gasteiger partial charge < -0.3 is 5.32 Å². The van der Waals surface area contributed by atoms with Gasteiger partial charge in [-0.2, -0.15) is 0 Å². The van der Waals surface area contributed by atoms with Crippen LogP contribution in [0, 0.1) is 0 Å². The second-order valence-electron chi connectivity index (χ2n) is 3.99. The Morgan fingerprint density at radius 1 is 1.31 bits per heavy atom. The van der Waals surface area contributed by atoms with Crippen molar-refractivity contribution in [3.63, 3.8) is 0 Å². The highest BCUT2D eigenvalue weighted by molar-refractivity contribution is 5.82. The number of hydrogen-bond donors (Lipinski definition) is 1. The van der Waals surface area contributed by atoms with Gasteiger partial charge in [0.25, 0.3) is 0 Å². The van der Waals surface area contributed by atoms with Crippen LogP contribution in [0.3, 0.4) is 0 Å². The van der Waals surface area contributed by atoms with Gasteiger partial charge in [-0.15, -0.1) is 0 Å². The molecule has 2 rings (SSSR count). The maximum atomic E-state index is 4.45. The lowest BCUT2D eigenvalue weighted by molar-refractivity contribution is 0.683. The fourth-order valence-electron chi connectivity index (χ4n) is 2.03. The van der Waals surface area contributed by atoms with Crippen LogP contribution < -0.4 is 5.32 Å². The van der Waals surface area contributed by atoms with Crippen LogP contribution in [-0.4, -0.2) is 12.0 Å². The molecule has 0 saturated heterocycles. The molecule has 2 aromatic rings. The Balaban J connectivity index is 2.63. The van der Waals surface area contributed by atoms with E-state index in [-0.39, 0.29) is 6.04 Å². The summed E-state index contributed by atoms with van der Waals surface area (Å²) < 4.78 is 0. The van der Waals surface area contributed by atoms with E-state index in [4.69, 9.17) is 0 Å². The van der Waals surface area contributed by atoms with Gasteiger partial charge in [-0.05, 0) is 25.6 Å². The van der Waals surface area contributed by atoms with Crippen molar-refractivity contribution in [1.29, 1.82) is 0 Å². The average Bonchev–Trinajstić information content (AvgIpc) is 2.30. The van der Waals surface area contributed by atoms with Gasteiger partial charge in [0.05, 0.1) is 11.6 Å². The van der Waals surface area contributed by atoms with Crippen molar-refractivity contribution < 1.29 is 0 Å². The Bertz CT molecular complexity index is 512. The van der Waals surface area contributed by atoms with Crippen LogP contribution in [0.25, 0.3) is 10.9 Å². The zero-order valence-electron chi connectivity index (χ0n) is 9.70. The number of hydrogen-bond acceptors (Lipinski definition) is 2. The summed E-state index contributed by atoms with van der Waals surface area (Å²) in [6.07, 6.45) is 1.83. The predicted molar refractivity (Wildman–Crippen MR) is 68.4 cm³/mol. The van der Waals surface area contributed by atoms with Crippen molar-refractivity contribution in [1.82, 2.24) is 10.3 Å². The van der Waals surface area contributed by atoms with Crippen molar-refractivity contribution in [2.75, 3.05) is 7.05 Å². The monoisotopic (exact) mass is 212 g/mol. The first-order chi connectivity index (χ1) is 7.74. The average molecular weight is 212 g/mol. The number of rotatable bonds is 3. The number of nitrogens with zero attached hydrogens (tertiary/aromatic N) is 1. The molecular weight excluding hydrogens is 196 g/mol. The van der Waals surface area contributed by atoms with Gasteiger partial charge in [-0.1, -0.05) is 36.4 Å². The van der Waals surface area contributed by atoms with Crippen LogP contribution in [0.2, 0.25) is 0 Å². The van der Waals surface area contributed by atoms with E-state index < -0.39 is 0 Å². The number of aromatic nitrogens is 1. The number of nitrogens with one attached hydrogen (secondary N) is 1. The molecule has 0 bridgehead atoms. The number of benzene rings is 1. The Labute approximate surface area is 96.0 Å². The molecule has 16 heavy (non-hydrogen) atoms. The summed E-state index contributed by atoms with van der Waals surface area (Å²) in [4.78, 5) is 4.45. The fraction of sp³-hybridized carbons (Fsp3) is 0.214. The van der Waals surface area contributed by atoms with E-state index in [0.717, 1.165) is 11.1 Å². The summed E-state index contributed by atoms with van der Waals surface area (Å²) in [7, 11) is 1.95. The summed E-state index contributed by atoms with van der Waals surface area (Å²) in [5, 5.41) is 4.44. The normalized spacial score (nSPS) is 12.6. The lowest BCUT2D eigenvalue weighted by Gasteiger charge is -2.18. The minimum Gasteiger partial charge on any atom is -0.310 e. The van der Waals surface area contributed by atoms with Gasteiger partial charge in [-0.25, -0.2) is 0 Å². The summed E-state index contributed by atoms with van der Waals surface area (Å²) in [5.41, 5.74) is 3.33. The van der Waals surface area contributed by atoms with Gasteiger partial charge >= 0.3 is 0 Å². The first-order valence-corrected chi connectivity index (χ1v) is 5.40. The number of fused-ring (bicyclic) bond motifs is 1. The molecule has 0 spiro atoms. The first kappa shape index (κ1) is 10.8. The summed E-state index contributed by atoms with van der Waals surface area (Å²) in [5.74, 6) is 0. The molecule has 1 heterocycles. The van der Waals surface area contributed by atoms with E-state index >= 15 is 0 Å². The lowest BCUT2D eigenvalue weighted by atomic mass is 9.98. The highest BCUT2D eigenvalue weighted by atomic mass is 14.9. The fourth-order valence-corrected chi connectivity index (χ4v) is 2.03. The smallest absolute Gasteiger partial charge is 0.0753 e. The molecule has 0 aliphatic rings. The third kappa shape index (κ3) is 1.84. The molecule has 2 nitrogen and oxygen atoms in total. The van der Waals surface area contributed by atoms with E-state index in [2.05, 4.69) is 41.1 Å². The van der Waals surface area contributed by atoms with Gasteiger partial charge in [0.15, 0.2) is 0 Å². The maximum absolute atomic E-state index is 4.45. The largest absolute Gasteiger partial charge is 0.310 e. The Kier molecular flexibility index (Phi) is 3.02. The number of likely N-dealkylation sites (N-methyl/N-ethyl adjacent to an activating group) is 1. The topological polar surface area (TPSA) is 24.9 Å². The van der Waals surface area contributed by atoms with Crippen LogP contribution >= 0.6 is 0 Å². The third-order valence-corrected chi connectivity index (χ3v) is 2.76. The van der Waals surface area contributed by atoms with E-state index in [1.165, 1.54) is 10.9 Å². The number of para-hydroxylation sites is 1. The molecule has 0 saturated carbocycles.